The lowest BCUT2D eigenvalue weighted by Gasteiger charge is -2.26. The largest absolute Gasteiger partial charge is 0.305 e. The molecule has 1 aliphatic rings. The van der Waals surface area contributed by atoms with Gasteiger partial charge in [-0.1, -0.05) is 42.5 Å². The lowest BCUT2D eigenvalue weighted by molar-refractivity contribution is 0.399. The first kappa shape index (κ1) is 14.7. The quantitative estimate of drug-likeness (QED) is 0.788. The molecule has 2 aromatic rings. The van der Waals surface area contributed by atoms with E-state index in [4.69, 9.17) is 0 Å². The van der Waals surface area contributed by atoms with Crippen LogP contribution in [0.1, 0.15) is 34.8 Å². The Morgan fingerprint density at radius 1 is 1.05 bits per heavy atom. The van der Waals surface area contributed by atoms with Crippen LogP contribution in [0.5, 0.6) is 0 Å². The van der Waals surface area contributed by atoms with Gasteiger partial charge in [0.1, 0.15) is 0 Å². The molecule has 1 atom stereocenters. The molecule has 2 aromatic carbocycles. The van der Waals surface area contributed by atoms with Gasteiger partial charge in [-0.05, 0) is 56.1 Å². The van der Waals surface area contributed by atoms with Gasteiger partial charge in [0.05, 0.1) is 0 Å². The number of thioether (sulfide) groups is 1. The van der Waals surface area contributed by atoms with Gasteiger partial charge in [0.25, 0.3) is 0 Å². The van der Waals surface area contributed by atoms with Gasteiger partial charge in [-0.25, -0.2) is 0 Å². The Labute approximate surface area is 132 Å². The number of fused-ring (bicyclic) bond motifs is 1. The molecule has 110 valence electrons. The molecule has 0 amide bonds. The van der Waals surface area contributed by atoms with Gasteiger partial charge in [0.2, 0.25) is 0 Å². The van der Waals surface area contributed by atoms with Gasteiger partial charge >= 0.3 is 0 Å². The average Bonchev–Trinajstić information content (AvgIpc) is 2.49. The Balaban J connectivity index is 1.85. The zero-order valence-corrected chi connectivity index (χ0v) is 13.7. The minimum Gasteiger partial charge on any atom is -0.305 e. The molecule has 0 N–H and O–H groups in total. The van der Waals surface area contributed by atoms with Crippen LogP contribution in [0.2, 0.25) is 0 Å². The summed E-state index contributed by atoms with van der Waals surface area (Å²) >= 11 is 2.05. The van der Waals surface area contributed by atoms with Gasteiger partial charge in [0.15, 0.2) is 0 Å². The maximum absolute atomic E-state index is 2.32. The summed E-state index contributed by atoms with van der Waals surface area (Å²) in [6.45, 7) is 1.01. The van der Waals surface area contributed by atoms with Crippen molar-refractivity contribution in [2.45, 2.75) is 36.0 Å². The van der Waals surface area contributed by atoms with Crippen molar-refractivity contribution in [2.24, 2.45) is 0 Å². The van der Waals surface area contributed by atoms with Gasteiger partial charge in [-0.15, -0.1) is 11.8 Å². The minimum absolute atomic E-state index is 0.610. The number of rotatable bonds is 4. The summed E-state index contributed by atoms with van der Waals surface area (Å²) in [6, 6.07) is 17.8. The first-order valence-corrected chi connectivity index (χ1v) is 8.59. The van der Waals surface area contributed by atoms with Crippen molar-refractivity contribution in [3.63, 3.8) is 0 Å². The third-order valence-corrected chi connectivity index (χ3v) is 5.47. The lowest BCUT2D eigenvalue weighted by atomic mass is 9.91. The Bertz CT molecular complexity index is 606. The molecule has 0 saturated carbocycles. The van der Waals surface area contributed by atoms with Crippen LogP contribution in [0, 0.1) is 0 Å². The predicted molar refractivity (Wildman–Crippen MR) is 91.8 cm³/mol. The summed E-state index contributed by atoms with van der Waals surface area (Å²) in [7, 11) is 4.27. The molecule has 21 heavy (non-hydrogen) atoms. The Morgan fingerprint density at radius 2 is 1.81 bits per heavy atom. The molecule has 0 bridgehead atoms. The Hall–Kier alpha value is -1.25. The lowest BCUT2D eigenvalue weighted by Crippen LogP contribution is -2.12. The van der Waals surface area contributed by atoms with E-state index in [0.29, 0.717) is 5.25 Å². The first-order valence-electron chi connectivity index (χ1n) is 7.71. The summed E-state index contributed by atoms with van der Waals surface area (Å²) < 4.78 is 0. The average molecular weight is 297 g/mol. The van der Waals surface area contributed by atoms with Crippen molar-refractivity contribution in [3.8, 4) is 0 Å². The van der Waals surface area contributed by atoms with E-state index in [1.54, 1.807) is 11.1 Å². The standard InChI is InChI=1S/C19H23NS/c1-20(2)14-16-9-4-6-12-18(16)21-19-13-7-10-15-8-3-5-11-17(15)19/h3-6,8-9,11-12,19H,7,10,13-14H2,1-2H3. The Morgan fingerprint density at radius 3 is 2.67 bits per heavy atom. The number of hydrogen-bond acceptors (Lipinski definition) is 2. The van der Waals surface area contributed by atoms with E-state index in [1.165, 1.54) is 29.7 Å². The van der Waals surface area contributed by atoms with E-state index in [9.17, 15) is 0 Å². The van der Waals surface area contributed by atoms with Gasteiger partial charge in [-0.3, -0.25) is 0 Å². The van der Waals surface area contributed by atoms with E-state index < -0.39 is 0 Å². The van der Waals surface area contributed by atoms with Crippen molar-refractivity contribution in [1.29, 1.82) is 0 Å². The van der Waals surface area contributed by atoms with Gasteiger partial charge in [0, 0.05) is 16.7 Å². The van der Waals surface area contributed by atoms with E-state index in [1.807, 2.05) is 11.8 Å². The second-order valence-electron chi connectivity index (χ2n) is 6.04. The minimum atomic E-state index is 0.610. The molecule has 1 nitrogen and oxygen atoms in total. The molecule has 1 unspecified atom stereocenters. The predicted octanol–water partition coefficient (Wildman–Crippen LogP) is 4.92. The van der Waals surface area contributed by atoms with Crippen LogP contribution < -0.4 is 0 Å². The molecule has 2 heteroatoms. The molecule has 0 saturated heterocycles. The van der Waals surface area contributed by atoms with Crippen molar-refractivity contribution < 1.29 is 0 Å². The van der Waals surface area contributed by atoms with Crippen LogP contribution in [0.4, 0.5) is 0 Å². The molecule has 0 aliphatic heterocycles. The molecule has 0 spiro atoms. The third-order valence-electron chi connectivity index (χ3n) is 4.04. The van der Waals surface area contributed by atoms with Gasteiger partial charge in [-0.2, -0.15) is 0 Å². The smallest absolute Gasteiger partial charge is 0.0347 e. The monoisotopic (exact) mass is 297 g/mol. The number of aryl methyl sites for hydroxylation is 1. The molecule has 3 rings (SSSR count). The SMILES string of the molecule is CN(C)Cc1ccccc1SC1CCCc2ccccc21. The fourth-order valence-corrected chi connectivity index (χ4v) is 4.46. The number of benzene rings is 2. The topological polar surface area (TPSA) is 3.24 Å². The second kappa shape index (κ2) is 6.67. The van der Waals surface area contributed by atoms with E-state index in [-0.39, 0.29) is 0 Å². The van der Waals surface area contributed by atoms with Crippen molar-refractivity contribution in [3.05, 3.63) is 65.2 Å². The van der Waals surface area contributed by atoms with Crippen molar-refractivity contribution in [2.75, 3.05) is 14.1 Å². The van der Waals surface area contributed by atoms with E-state index in [0.717, 1.165) is 6.54 Å². The van der Waals surface area contributed by atoms with Crippen molar-refractivity contribution >= 4 is 11.8 Å². The molecular weight excluding hydrogens is 274 g/mol. The summed E-state index contributed by atoms with van der Waals surface area (Å²) in [5, 5.41) is 0.610. The highest BCUT2D eigenvalue weighted by molar-refractivity contribution is 7.99. The second-order valence-corrected chi connectivity index (χ2v) is 7.29. The van der Waals surface area contributed by atoms with Crippen LogP contribution in [0.25, 0.3) is 0 Å². The van der Waals surface area contributed by atoms with Gasteiger partial charge < -0.3 is 4.90 Å². The Kier molecular flexibility index (Phi) is 4.67. The van der Waals surface area contributed by atoms with E-state index in [2.05, 4.69) is 67.5 Å². The zero-order chi connectivity index (χ0) is 14.7. The fourth-order valence-electron chi connectivity index (χ4n) is 3.08. The summed E-state index contributed by atoms with van der Waals surface area (Å²) in [4.78, 5) is 3.68. The maximum atomic E-state index is 2.32. The van der Waals surface area contributed by atoms with Crippen LogP contribution in [0.3, 0.4) is 0 Å². The highest BCUT2D eigenvalue weighted by Crippen LogP contribution is 2.44. The molecule has 1 aliphatic carbocycles. The summed E-state index contributed by atoms with van der Waals surface area (Å²) in [5.74, 6) is 0. The van der Waals surface area contributed by atoms with Crippen LogP contribution in [0.15, 0.2) is 53.4 Å². The third kappa shape index (κ3) is 3.50. The van der Waals surface area contributed by atoms with Crippen LogP contribution in [-0.2, 0) is 13.0 Å². The normalized spacial score (nSPS) is 17.8. The fraction of sp³-hybridized carbons (Fsp3) is 0.368. The van der Waals surface area contributed by atoms with Crippen LogP contribution in [-0.4, -0.2) is 19.0 Å². The molecule has 0 radical (unpaired) electrons. The number of hydrogen-bond donors (Lipinski definition) is 0. The number of nitrogens with zero attached hydrogens (tertiary/aromatic N) is 1. The van der Waals surface area contributed by atoms with Crippen LogP contribution >= 0.6 is 11.8 Å². The summed E-state index contributed by atoms with van der Waals surface area (Å²) in [6.07, 6.45) is 3.84. The molecule has 0 aromatic heterocycles. The highest BCUT2D eigenvalue weighted by atomic mass is 32.2. The molecule has 0 fully saturated rings. The zero-order valence-electron chi connectivity index (χ0n) is 12.9. The first-order chi connectivity index (χ1) is 10.2. The summed E-state index contributed by atoms with van der Waals surface area (Å²) in [5.41, 5.74) is 4.54. The maximum Gasteiger partial charge on any atom is 0.0347 e. The molecule has 0 heterocycles. The highest BCUT2D eigenvalue weighted by Gasteiger charge is 2.21. The van der Waals surface area contributed by atoms with E-state index >= 15 is 0 Å². The van der Waals surface area contributed by atoms with Crippen molar-refractivity contribution in [1.82, 2.24) is 4.90 Å². The molecular formula is C19H23NS.